The van der Waals surface area contributed by atoms with Crippen LogP contribution >= 0.6 is 12.4 Å². The maximum Gasteiger partial charge on any atom is 0.102 e. The Morgan fingerprint density at radius 3 is 1.48 bits per heavy atom. The Hall–Kier alpha value is -2.85. The second-order valence-electron chi connectivity index (χ2n) is 5.59. The molecule has 4 rings (SSSR count). The van der Waals surface area contributed by atoms with Gasteiger partial charge in [0.05, 0.1) is 22.4 Å². The smallest absolute Gasteiger partial charge is 0.102 e. The van der Waals surface area contributed by atoms with Crippen molar-refractivity contribution in [2.75, 3.05) is 0 Å². The van der Waals surface area contributed by atoms with E-state index >= 15 is 0 Å². The number of nitrogens with zero attached hydrogens (tertiary/aromatic N) is 4. The summed E-state index contributed by atoms with van der Waals surface area (Å²) in [6, 6.07) is 24.3. The van der Waals surface area contributed by atoms with Crippen molar-refractivity contribution in [1.29, 1.82) is 0 Å². The fraction of sp³-hybridized carbons (Fsp3) is 0.100. The maximum atomic E-state index is 4.59. The molecule has 2 heterocycles. The van der Waals surface area contributed by atoms with Gasteiger partial charge in [-0.15, -0.1) is 12.4 Å². The lowest BCUT2D eigenvalue weighted by Gasteiger charge is -2.00. The standard InChI is InChI=1S/C20H16N4.ClH/c1-3-7-19-15(5-1)9-11-17(23-19)13-21-22-14-18-12-10-16-6-2-4-8-20(16)24-18;/h1-12H,13-14H2;1H. The van der Waals surface area contributed by atoms with Crippen molar-refractivity contribution in [3.63, 3.8) is 0 Å². The summed E-state index contributed by atoms with van der Waals surface area (Å²) in [7, 11) is 0. The molecule has 25 heavy (non-hydrogen) atoms. The summed E-state index contributed by atoms with van der Waals surface area (Å²) in [4.78, 5) is 9.18. The molecule has 2 aromatic heterocycles. The van der Waals surface area contributed by atoms with Crippen molar-refractivity contribution in [3.8, 4) is 0 Å². The Kier molecular flexibility index (Phi) is 5.31. The zero-order valence-electron chi connectivity index (χ0n) is 13.5. The van der Waals surface area contributed by atoms with Crippen LogP contribution in [-0.2, 0) is 13.1 Å². The molecule has 0 N–H and O–H groups in total. The zero-order chi connectivity index (χ0) is 16.2. The highest BCUT2D eigenvalue weighted by Crippen LogP contribution is 2.14. The summed E-state index contributed by atoms with van der Waals surface area (Å²) in [5, 5.41) is 10.8. The number of para-hydroxylation sites is 2. The number of halogens is 1. The summed E-state index contributed by atoms with van der Waals surface area (Å²) < 4.78 is 0. The lowest BCUT2D eigenvalue weighted by atomic mass is 10.2. The van der Waals surface area contributed by atoms with Gasteiger partial charge in [0.2, 0.25) is 0 Å². The van der Waals surface area contributed by atoms with Crippen LogP contribution in [0.1, 0.15) is 11.4 Å². The van der Waals surface area contributed by atoms with Crippen molar-refractivity contribution in [2.24, 2.45) is 10.2 Å². The van der Waals surface area contributed by atoms with Crippen LogP contribution in [-0.4, -0.2) is 9.97 Å². The number of pyridine rings is 2. The van der Waals surface area contributed by atoms with Gasteiger partial charge in [-0.05, 0) is 24.3 Å². The van der Waals surface area contributed by atoms with E-state index in [-0.39, 0.29) is 12.4 Å². The number of rotatable bonds is 4. The molecule has 0 radical (unpaired) electrons. The van der Waals surface area contributed by atoms with Crippen molar-refractivity contribution in [3.05, 3.63) is 84.2 Å². The molecule has 4 nitrogen and oxygen atoms in total. The van der Waals surface area contributed by atoms with E-state index in [1.807, 2.05) is 48.5 Å². The predicted octanol–water partition coefficient (Wildman–Crippen LogP) is 5.36. The third-order valence-corrected chi connectivity index (χ3v) is 3.88. The molecular weight excluding hydrogens is 332 g/mol. The molecule has 0 spiro atoms. The van der Waals surface area contributed by atoms with Gasteiger partial charge in [-0.3, -0.25) is 9.97 Å². The molecule has 0 aliphatic rings. The average molecular weight is 349 g/mol. The summed E-state index contributed by atoms with van der Waals surface area (Å²) >= 11 is 0. The summed E-state index contributed by atoms with van der Waals surface area (Å²) in [6.07, 6.45) is 0. The minimum Gasteiger partial charge on any atom is -0.251 e. The van der Waals surface area contributed by atoms with E-state index < -0.39 is 0 Å². The molecule has 0 atom stereocenters. The van der Waals surface area contributed by atoms with Gasteiger partial charge in [-0.25, -0.2) is 0 Å². The number of azo groups is 1. The molecule has 0 bridgehead atoms. The van der Waals surface area contributed by atoms with E-state index in [0.29, 0.717) is 13.1 Å². The Balaban J connectivity index is 0.00000182. The minimum absolute atomic E-state index is 0. The highest BCUT2D eigenvalue weighted by Gasteiger charge is 1.98. The Labute approximate surface area is 152 Å². The fourth-order valence-corrected chi connectivity index (χ4v) is 2.64. The molecule has 4 aromatic rings. The maximum absolute atomic E-state index is 4.59. The van der Waals surface area contributed by atoms with Gasteiger partial charge in [-0.2, -0.15) is 10.2 Å². The molecule has 0 saturated heterocycles. The van der Waals surface area contributed by atoms with Gasteiger partial charge < -0.3 is 0 Å². The number of hydrogen-bond acceptors (Lipinski definition) is 4. The number of benzene rings is 2. The quantitative estimate of drug-likeness (QED) is 0.466. The molecular formula is C20H17ClN4. The lowest BCUT2D eigenvalue weighted by Crippen LogP contribution is -1.90. The molecule has 5 heteroatoms. The van der Waals surface area contributed by atoms with Crippen LogP contribution in [0.2, 0.25) is 0 Å². The lowest BCUT2D eigenvalue weighted by molar-refractivity contribution is 0.823. The van der Waals surface area contributed by atoms with E-state index in [1.54, 1.807) is 0 Å². The zero-order valence-corrected chi connectivity index (χ0v) is 14.4. The van der Waals surface area contributed by atoms with Crippen molar-refractivity contribution >= 4 is 34.2 Å². The van der Waals surface area contributed by atoms with Crippen LogP contribution in [0.5, 0.6) is 0 Å². The molecule has 0 aliphatic heterocycles. The number of aromatic nitrogens is 2. The Bertz CT molecular complexity index is 947. The van der Waals surface area contributed by atoms with Gasteiger partial charge in [0.25, 0.3) is 0 Å². The summed E-state index contributed by atoms with van der Waals surface area (Å²) in [5.74, 6) is 0. The van der Waals surface area contributed by atoms with Gasteiger partial charge >= 0.3 is 0 Å². The first-order chi connectivity index (χ1) is 11.9. The molecule has 2 aromatic carbocycles. The van der Waals surface area contributed by atoms with Gasteiger partial charge in [-0.1, -0.05) is 48.5 Å². The number of hydrogen-bond donors (Lipinski definition) is 0. The second kappa shape index (κ2) is 7.81. The highest BCUT2D eigenvalue weighted by molar-refractivity contribution is 5.85. The Morgan fingerprint density at radius 2 is 1.00 bits per heavy atom. The van der Waals surface area contributed by atoms with Gasteiger partial charge in [0.1, 0.15) is 13.1 Å². The van der Waals surface area contributed by atoms with E-state index in [4.69, 9.17) is 0 Å². The van der Waals surface area contributed by atoms with Crippen LogP contribution in [0.25, 0.3) is 21.8 Å². The Morgan fingerprint density at radius 1 is 0.560 bits per heavy atom. The van der Waals surface area contributed by atoms with Crippen molar-refractivity contribution < 1.29 is 0 Å². The summed E-state index contributed by atoms with van der Waals surface area (Å²) in [6.45, 7) is 0.969. The first kappa shape index (κ1) is 17.0. The van der Waals surface area contributed by atoms with Gasteiger partial charge in [0.15, 0.2) is 0 Å². The summed E-state index contributed by atoms with van der Waals surface area (Å²) in [5.41, 5.74) is 3.82. The van der Waals surface area contributed by atoms with Crippen molar-refractivity contribution in [1.82, 2.24) is 9.97 Å². The van der Waals surface area contributed by atoms with E-state index in [0.717, 1.165) is 33.2 Å². The normalized spacial score (nSPS) is 11.0. The monoisotopic (exact) mass is 348 g/mol. The van der Waals surface area contributed by atoms with Crippen LogP contribution in [0.15, 0.2) is 83.0 Å². The third kappa shape index (κ3) is 3.98. The third-order valence-electron chi connectivity index (χ3n) is 3.88. The average Bonchev–Trinajstić information content (AvgIpc) is 2.65. The molecule has 124 valence electrons. The molecule has 0 aliphatic carbocycles. The SMILES string of the molecule is Cl.c1ccc2nc(CN=NCc3ccc4ccccc4n3)ccc2c1. The fourth-order valence-electron chi connectivity index (χ4n) is 2.64. The van der Waals surface area contributed by atoms with Gasteiger partial charge in [0, 0.05) is 10.8 Å². The van der Waals surface area contributed by atoms with Crippen LogP contribution in [0, 0.1) is 0 Å². The topological polar surface area (TPSA) is 50.5 Å². The van der Waals surface area contributed by atoms with Crippen LogP contribution in [0.3, 0.4) is 0 Å². The molecule has 0 unspecified atom stereocenters. The second-order valence-corrected chi connectivity index (χ2v) is 5.59. The predicted molar refractivity (Wildman–Crippen MR) is 103 cm³/mol. The van der Waals surface area contributed by atoms with Crippen LogP contribution in [0.4, 0.5) is 0 Å². The first-order valence-electron chi connectivity index (χ1n) is 7.91. The highest BCUT2D eigenvalue weighted by atomic mass is 35.5. The minimum atomic E-state index is 0. The van der Waals surface area contributed by atoms with E-state index in [1.165, 1.54) is 0 Å². The molecule has 0 saturated carbocycles. The molecule has 0 fully saturated rings. The largest absolute Gasteiger partial charge is 0.251 e. The van der Waals surface area contributed by atoms with Crippen molar-refractivity contribution in [2.45, 2.75) is 13.1 Å². The molecule has 0 amide bonds. The van der Waals surface area contributed by atoms with E-state index in [9.17, 15) is 0 Å². The number of fused-ring (bicyclic) bond motifs is 2. The van der Waals surface area contributed by atoms with E-state index in [2.05, 4.69) is 44.5 Å². The first-order valence-corrected chi connectivity index (χ1v) is 7.91. The van der Waals surface area contributed by atoms with Crippen LogP contribution < -0.4 is 0 Å².